The van der Waals surface area contributed by atoms with E-state index in [0.29, 0.717) is 22.5 Å². The van der Waals surface area contributed by atoms with Crippen molar-refractivity contribution < 1.29 is 19.1 Å². The van der Waals surface area contributed by atoms with Crippen LogP contribution in [0, 0.1) is 17.2 Å². The number of carbonyl (C=O) groups excluding carboxylic acids is 2. The third-order valence-electron chi connectivity index (χ3n) is 4.26. The highest BCUT2D eigenvalue weighted by Crippen LogP contribution is 2.41. The van der Waals surface area contributed by atoms with E-state index in [2.05, 4.69) is 11.1 Å². The van der Waals surface area contributed by atoms with Gasteiger partial charge in [-0.15, -0.1) is 0 Å². The number of hydrogen-bond acceptors (Lipinski definition) is 6. The first-order valence-corrected chi connectivity index (χ1v) is 8.35. The highest BCUT2D eigenvalue weighted by molar-refractivity contribution is 6.07. The zero-order chi connectivity index (χ0) is 19.4. The minimum atomic E-state index is -0.798. The quantitative estimate of drug-likeness (QED) is 0.775. The van der Waals surface area contributed by atoms with Crippen molar-refractivity contribution in [2.45, 2.75) is 39.7 Å². The number of carbonyl (C=O) groups is 2. The molecule has 6 nitrogen and oxygen atoms in total. The molecule has 26 heavy (non-hydrogen) atoms. The van der Waals surface area contributed by atoms with Gasteiger partial charge in [0.15, 0.2) is 0 Å². The van der Waals surface area contributed by atoms with E-state index >= 15 is 0 Å². The first-order valence-electron chi connectivity index (χ1n) is 8.35. The standard InChI is InChI=1S/C20H22N2O4/c1-11(2)26-20(24)17-13(4)22-12(3)16(19(23)25-5)18(17)15-9-7-6-8-14(15)10-21/h6-9,11,16,18H,1-5H3. The van der Waals surface area contributed by atoms with Crippen molar-refractivity contribution in [1.82, 2.24) is 0 Å². The average molecular weight is 354 g/mol. The van der Waals surface area contributed by atoms with Gasteiger partial charge in [-0.25, -0.2) is 4.79 Å². The van der Waals surface area contributed by atoms with Gasteiger partial charge in [-0.05, 0) is 39.3 Å². The number of methoxy groups -OCH3 is 1. The molecular formula is C20H22N2O4. The summed E-state index contributed by atoms with van der Waals surface area (Å²) in [4.78, 5) is 29.7. The molecule has 136 valence electrons. The third kappa shape index (κ3) is 3.67. The highest BCUT2D eigenvalue weighted by atomic mass is 16.5. The van der Waals surface area contributed by atoms with Gasteiger partial charge in [-0.3, -0.25) is 9.79 Å². The molecule has 0 aliphatic carbocycles. The van der Waals surface area contributed by atoms with E-state index < -0.39 is 23.8 Å². The van der Waals surface area contributed by atoms with E-state index in [1.54, 1.807) is 52.0 Å². The molecule has 0 aromatic heterocycles. The smallest absolute Gasteiger partial charge is 0.336 e. The molecule has 6 heteroatoms. The van der Waals surface area contributed by atoms with Crippen LogP contribution >= 0.6 is 0 Å². The fourth-order valence-corrected chi connectivity index (χ4v) is 3.22. The summed E-state index contributed by atoms with van der Waals surface area (Å²) >= 11 is 0. The van der Waals surface area contributed by atoms with Gasteiger partial charge >= 0.3 is 11.9 Å². The van der Waals surface area contributed by atoms with E-state index in [1.165, 1.54) is 7.11 Å². The molecule has 2 unspecified atom stereocenters. The molecule has 0 saturated carbocycles. The first-order chi connectivity index (χ1) is 12.3. The van der Waals surface area contributed by atoms with Crippen molar-refractivity contribution in [3.05, 3.63) is 46.7 Å². The molecule has 0 amide bonds. The summed E-state index contributed by atoms with van der Waals surface area (Å²) in [6.07, 6.45) is -0.321. The monoisotopic (exact) mass is 354 g/mol. The second-order valence-electron chi connectivity index (χ2n) is 6.38. The Labute approximate surface area is 153 Å². The van der Waals surface area contributed by atoms with Crippen molar-refractivity contribution >= 4 is 17.7 Å². The number of nitriles is 1. The average Bonchev–Trinajstić information content (AvgIpc) is 2.59. The van der Waals surface area contributed by atoms with Gasteiger partial charge in [0.05, 0.1) is 30.4 Å². The van der Waals surface area contributed by atoms with Crippen LogP contribution in [0.5, 0.6) is 0 Å². The van der Waals surface area contributed by atoms with Crippen molar-refractivity contribution in [2.24, 2.45) is 10.9 Å². The Bertz CT molecular complexity index is 830. The molecule has 1 aromatic carbocycles. The predicted octanol–water partition coefficient (Wildman–Crippen LogP) is 3.13. The van der Waals surface area contributed by atoms with Gasteiger partial charge in [-0.2, -0.15) is 5.26 Å². The van der Waals surface area contributed by atoms with Crippen LogP contribution in [0.15, 0.2) is 40.5 Å². The summed E-state index contributed by atoms with van der Waals surface area (Å²) < 4.78 is 10.3. The SMILES string of the molecule is COC(=O)C1C(C)=NC(C)=C(C(=O)OC(C)C)C1c1ccccc1C#N. The lowest BCUT2D eigenvalue weighted by atomic mass is 9.74. The molecule has 1 aromatic rings. The van der Waals surface area contributed by atoms with Gasteiger partial charge in [0, 0.05) is 17.3 Å². The summed E-state index contributed by atoms with van der Waals surface area (Å²) in [5.74, 6) is -2.54. The lowest BCUT2D eigenvalue weighted by Gasteiger charge is -2.32. The second-order valence-corrected chi connectivity index (χ2v) is 6.38. The molecule has 0 fully saturated rings. The minimum Gasteiger partial charge on any atom is -0.468 e. The number of esters is 2. The molecular weight excluding hydrogens is 332 g/mol. The van der Waals surface area contributed by atoms with Crippen LogP contribution in [0.25, 0.3) is 0 Å². The number of allylic oxidation sites excluding steroid dienone is 1. The third-order valence-corrected chi connectivity index (χ3v) is 4.26. The Hall–Kier alpha value is -2.94. The molecule has 1 aliphatic rings. The van der Waals surface area contributed by atoms with Crippen molar-refractivity contribution in [3.8, 4) is 6.07 Å². The van der Waals surface area contributed by atoms with Gasteiger partial charge in [0.2, 0.25) is 0 Å². The Morgan fingerprint density at radius 1 is 1.23 bits per heavy atom. The number of ether oxygens (including phenoxy) is 2. The Kier molecular flexibility index (Phi) is 5.93. The lowest BCUT2D eigenvalue weighted by molar-refractivity contribution is -0.145. The van der Waals surface area contributed by atoms with Crippen LogP contribution in [0.2, 0.25) is 0 Å². The number of nitrogens with zero attached hydrogens (tertiary/aromatic N) is 2. The normalized spacial score (nSPS) is 19.7. The molecule has 0 radical (unpaired) electrons. The molecule has 0 spiro atoms. The molecule has 0 saturated heterocycles. The van der Waals surface area contributed by atoms with Gasteiger partial charge in [0.1, 0.15) is 5.92 Å². The van der Waals surface area contributed by atoms with Crippen LogP contribution in [-0.2, 0) is 19.1 Å². The molecule has 2 rings (SSSR count). The van der Waals surface area contributed by atoms with Crippen LogP contribution < -0.4 is 0 Å². The van der Waals surface area contributed by atoms with Crippen molar-refractivity contribution in [1.29, 1.82) is 5.26 Å². The van der Waals surface area contributed by atoms with E-state index in [9.17, 15) is 14.9 Å². The molecule has 1 aliphatic heterocycles. The number of aliphatic imine (C=N–C) groups is 1. The minimum absolute atomic E-state index is 0.280. The fraction of sp³-hybridized carbons (Fsp3) is 0.400. The van der Waals surface area contributed by atoms with Crippen molar-refractivity contribution in [3.63, 3.8) is 0 Å². The topological polar surface area (TPSA) is 88.8 Å². The molecule has 2 atom stereocenters. The fourth-order valence-electron chi connectivity index (χ4n) is 3.22. The number of rotatable bonds is 4. The van der Waals surface area contributed by atoms with Crippen LogP contribution in [-0.4, -0.2) is 30.9 Å². The second kappa shape index (κ2) is 7.96. The van der Waals surface area contributed by atoms with E-state index in [0.717, 1.165) is 0 Å². The summed E-state index contributed by atoms with van der Waals surface area (Å²) in [7, 11) is 1.29. The number of hydrogen-bond donors (Lipinski definition) is 0. The van der Waals surface area contributed by atoms with Crippen LogP contribution in [0.1, 0.15) is 44.7 Å². The van der Waals surface area contributed by atoms with E-state index in [4.69, 9.17) is 9.47 Å². The lowest BCUT2D eigenvalue weighted by Crippen LogP contribution is -2.36. The van der Waals surface area contributed by atoms with Crippen LogP contribution in [0.3, 0.4) is 0 Å². The summed E-state index contributed by atoms with van der Waals surface area (Å²) in [6.45, 7) is 6.93. The molecule has 1 heterocycles. The Balaban J connectivity index is 2.72. The Morgan fingerprint density at radius 2 is 1.88 bits per heavy atom. The predicted molar refractivity (Wildman–Crippen MR) is 96.4 cm³/mol. The first kappa shape index (κ1) is 19.4. The summed E-state index contributed by atoms with van der Waals surface area (Å²) in [5, 5.41) is 9.50. The zero-order valence-electron chi connectivity index (χ0n) is 15.6. The maximum Gasteiger partial charge on any atom is 0.336 e. The largest absolute Gasteiger partial charge is 0.468 e. The van der Waals surface area contributed by atoms with Gasteiger partial charge in [0.25, 0.3) is 0 Å². The summed E-state index contributed by atoms with van der Waals surface area (Å²) in [6, 6.07) is 9.04. The van der Waals surface area contributed by atoms with Crippen molar-refractivity contribution in [2.75, 3.05) is 7.11 Å². The van der Waals surface area contributed by atoms with Gasteiger partial charge < -0.3 is 9.47 Å². The van der Waals surface area contributed by atoms with E-state index in [-0.39, 0.29) is 11.7 Å². The maximum absolute atomic E-state index is 12.8. The molecule has 0 bridgehead atoms. The summed E-state index contributed by atoms with van der Waals surface area (Å²) in [5.41, 5.74) is 2.26. The van der Waals surface area contributed by atoms with Gasteiger partial charge in [-0.1, -0.05) is 18.2 Å². The number of benzene rings is 1. The maximum atomic E-state index is 12.8. The highest BCUT2D eigenvalue weighted by Gasteiger charge is 2.43. The Morgan fingerprint density at radius 3 is 2.46 bits per heavy atom. The molecule has 0 N–H and O–H groups in total. The van der Waals surface area contributed by atoms with E-state index in [1.807, 2.05) is 0 Å². The zero-order valence-corrected chi connectivity index (χ0v) is 15.6. The van der Waals surface area contributed by atoms with Crippen LogP contribution in [0.4, 0.5) is 0 Å².